The molecular formula is C19H22O3. The molecule has 116 valence electrons. The summed E-state index contributed by atoms with van der Waals surface area (Å²) in [5.74, 6) is 1.43. The molecule has 0 bridgehead atoms. The number of allylic oxidation sites excluding steroid dienone is 2. The maximum atomic E-state index is 12.8. The van der Waals surface area contributed by atoms with Gasteiger partial charge in [0.2, 0.25) is 0 Å². The minimum atomic E-state index is -0.340. The van der Waals surface area contributed by atoms with Crippen LogP contribution in [0.4, 0.5) is 0 Å². The van der Waals surface area contributed by atoms with E-state index in [1.807, 2.05) is 12.1 Å². The van der Waals surface area contributed by atoms with Crippen molar-refractivity contribution in [1.29, 1.82) is 0 Å². The normalized spacial score (nSPS) is 33.3. The predicted octanol–water partition coefficient (Wildman–Crippen LogP) is 3.15. The lowest BCUT2D eigenvalue weighted by atomic mass is 9.62. The fourth-order valence-electron chi connectivity index (χ4n) is 4.86. The molecule has 0 aromatic heterocycles. The molecule has 1 N–H and O–H groups in total. The zero-order chi connectivity index (χ0) is 15.5. The number of rotatable bonds is 1. The Balaban J connectivity index is 1.86. The lowest BCUT2D eigenvalue weighted by molar-refractivity contribution is -0.118. The molecule has 4 rings (SSSR count). The van der Waals surface area contributed by atoms with E-state index in [-0.39, 0.29) is 17.3 Å². The summed E-state index contributed by atoms with van der Waals surface area (Å²) in [5, 5.41) is 10.4. The van der Waals surface area contributed by atoms with Gasteiger partial charge in [0.1, 0.15) is 5.75 Å². The third-order valence-corrected chi connectivity index (χ3v) is 6.09. The van der Waals surface area contributed by atoms with Crippen LogP contribution in [0.5, 0.6) is 5.75 Å². The number of carbonyl (C=O) groups excluding carboxylic acids is 1. The number of aliphatic hydroxyl groups excluding tert-OH is 1. The third kappa shape index (κ3) is 1.75. The van der Waals surface area contributed by atoms with Gasteiger partial charge < -0.3 is 9.84 Å². The Bertz CT molecular complexity index is 688. The second-order valence-electron chi connectivity index (χ2n) is 7.17. The van der Waals surface area contributed by atoms with Crippen LogP contribution >= 0.6 is 0 Å². The van der Waals surface area contributed by atoms with Crippen molar-refractivity contribution in [3.8, 4) is 5.75 Å². The zero-order valence-corrected chi connectivity index (χ0v) is 13.2. The molecule has 0 unspecified atom stereocenters. The summed E-state index contributed by atoms with van der Waals surface area (Å²) in [6, 6.07) is 6.04. The van der Waals surface area contributed by atoms with E-state index < -0.39 is 0 Å². The van der Waals surface area contributed by atoms with Gasteiger partial charge in [0.15, 0.2) is 5.78 Å². The van der Waals surface area contributed by atoms with Gasteiger partial charge >= 0.3 is 0 Å². The van der Waals surface area contributed by atoms with E-state index >= 15 is 0 Å². The van der Waals surface area contributed by atoms with Crippen LogP contribution in [0.1, 0.15) is 43.7 Å². The van der Waals surface area contributed by atoms with E-state index in [2.05, 4.69) is 13.0 Å². The van der Waals surface area contributed by atoms with Crippen molar-refractivity contribution in [1.82, 2.24) is 0 Å². The monoisotopic (exact) mass is 298 g/mol. The number of fused-ring (bicyclic) bond motifs is 4. The lowest BCUT2D eigenvalue weighted by Gasteiger charge is -2.42. The van der Waals surface area contributed by atoms with Crippen LogP contribution in [-0.2, 0) is 11.2 Å². The van der Waals surface area contributed by atoms with Gasteiger partial charge in [-0.1, -0.05) is 18.6 Å². The Morgan fingerprint density at radius 2 is 2.09 bits per heavy atom. The first kappa shape index (κ1) is 14.0. The number of ketones is 1. The largest absolute Gasteiger partial charge is 0.497 e. The van der Waals surface area contributed by atoms with Crippen LogP contribution in [0.3, 0.4) is 0 Å². The number of aliphatic hydroxyl groups is 1. The molecule has 1 aromatic rings. The molecule has 3 nitrogen and oxygen atoms in total. The maximum Gasteiger partial charge on any atom is 0.164 e. The topological polar surface area (TPSA) is 46.5 Å². The van der Waals surface area contributed by atoms with Gasteiger partial charge in [0.05, 0.1) is 13.2 Å². The summed E-state index contributed by atoms with van der Waals surface area (Å²) in [7, 11) is 1.67. The molecule has 3 aliphatic rings. The van der Waals surface area contributed by atoms with E-state index in [0.717, 1.165) is 42.6 Å². The molecule has 22 heavy (non-hydrogen) atoms. The van der Waals surface area contributed by atoms with Gasteiger partial charge in [-0.15, -0.1) is 0 Å². The smallest absolute Gasteiger partial charge is 0.164 e. The SMILES string of the molecule is COc1ccc2c(c1)CCC1=C2C(=O)C[C@]2(C)[C@@H](O)CC[C@@H]12. The first-order chi connectivity index (χ1) is 10.5. The van der Waals surface area contributed by atoms with Crippen molar-refractivity contribution in [2.75, 3.05) is 7.11 Å². The Morgan fingerprint density at radius 1 is 1.27 bits per heavy atom. The summed E-state index contributed by atoms with van der Waals surface area (Å²) >= 11 is 0. The van der Waals surface area contributed by atoms with E-state index in [4.69, 9.17) is 4.74 Å². The summed E-state index contributed by atoms with van der Waals surface area (Å²) in [5.41, 5.74) is 4.30. The molecule has 0 saturated heterocycles. The quantitative estimate of drug-likeness (QED) is 0.866. The minimum absolute atomic E-state index is 0.209. The van der Waals surface area contributed by atoms with Crippen molar-refractivity contribution < 1.29 is 14.6 Å². The van der Waals surface area contributed by atoms with Gasteiger partial charge in [-0.2, -0.15) is 0 Å². The van der Waals surface area contributed by atoms with Crippen molar-refractivity contribution >= 4 is 11.4 Å². The summed E-state index contributed by atoms with van der Waals surface area (Å²) < 4.78 is 5.31. The Labute approximate surface area is 131 Å². The third-order valence-electron chi connectivity index (χ3n) is 6.09. The Hall–Kier alpha value is -1.61. The average molecular weight is 298 g/mol. The van der Waals surface area contributed by atoms with Crippen LogP contribution in [-0.4, -0.2) is 24.1 Å². The van der Waals surface area contributed by atoms with E-state index in [1.54, 1.807) is 7.11 Å². The Morgan fingerprint density at radius 3 is 2.86 bits per heavy atom. The molecule has 0 spiro atoms. The number of ether oxygens (including phenoxy) is 1. The molecule has 1 fully saturated rings. The molecule has 1 aromatic carbocycles. The van der Waals surface area contributed by atoms with Gasteiger partial charge in [-0.25, -0.2) is 0 Å². The predicted molar refractivity (Wildman–Crippen MR) is 84.7 cm³/mol. The van der Waals surface area contributed by atoms with Crippen LogP contribution in [0.15, 0.2) is 23.8 Å². The summed E-state index contributed by atoms with van der Waals surface area (Å²) in [6.45, 7) is 2.10. The first-order valence-electron chi connectivity index (χ1n) is 8.16. The first-order valence-corrected chi connectivity index (χ1v) is 8.16. The van der Waals surface area contributed by atoms with Crippen molar-refractivity contribution in [3.63, 3.8) is 0 Å². The van der Waals surface area contributed by atoms with Gasteiger partial charge in [-0.05, 0) is 54.9 Å². The van der Waals surface area contributed by atoms with Gasteiger partial charge in [-0.3, -0.25) is 4.79 Å². The standard InChI is InChI=1S/C19H22O3/c1-19-10-16(20)18-13-6-4-12(22-2)9-11(13)3-5-14(18)15(19)7-8-17(19)21/h4,6,9,15,17,21H,3,5,7-8,10H2,1-2H3/t15-,17-,19-/m0/s1. The number of benzene rings is 1. The number of carbonyl (C=O) groups is 1. The highest BCUT2D eigenvalue weighted by atomic mass is 16.5. The molecule has 0 radical (unpaired) electrons. The fourth-order valence-corrected chi connectivity index (χ4v) is 4.86. The molecule has 0 aliphatic heterocycles. The average Bonchev–Trinajstić information content (AvgIpc) is 2.81. The van der Waals surface area contributed by atoms with E-state index in [9.17, 15) is 9.90 Å². The van der Waals surface area contributed by atoms with Crippen LogP contribution in [0.2, 0.25) is 0 Å². The Kier molecular flexibility index (Phi) is 2.99. The van der Waals surface area contributed by atoms with Crippen LogP contribution in [0.25, 0.3) is 5.57 Å². The van der Waals surface area contributed by atoms with Crippen molar-refractivity contribution in [3.05, 3.63) is 34.9 Å². The molecule has 3 heteroatoms. The summed E-state index contributed by atoms with van der Waals surface area (Å²) in [6.07, 6.45) is 3.86. The second kappa shape index (κ2) is 4.69. The van der Waals surface area contributed by atoms with Crippen molar-refractivity contribution in [2.45, 2.75) is 45.1 Å². The highest BCUT2D eigenvalue weighted by Crippen LogP contribution is 2.56. The molecular weight excluding hydrogens is 276 g/mol. The van der Waals surface area contributed by atoms with E-state index in [1.165, 1.54) is 11.1 Å². The molecule has 0 heterocycles. The number of methoxy groups -OCH3 is 1. The van der Waals surface area contributed by atoms with Gasteiger partial charge in [0.25, 0.3) is 0 Å². The zero-order valence-electron chi connectivity index (χ0n) is 13.2. The number of hydrogen-bond donors (Lipinski definition) is 1. The number of Topliss-reactive ketones (excluding diaryl/α,β-unsaturated/α-hetero) is 1. The molecule has 0 amide bonds. The number of aryl methyl sites for hydroxylation is 1. The number of hydrogen-bond acceptors (Lipinski definition) is 3. The highest BCUT2D eigenvalue weighted by Gasteiger charge is 2.52. The minimum Gasteiger partial charge on any atom is -0.497 e. The van der Waals surface area contributed by atoms with Crippen LogP contribution < -0.4 is 4.74 Å². The summed E-state index contributed by atoms with van der Waals surface area (Å²) in [4.78, 5) is 12.8. The molecule has 3 aliphatic carbocycles. The second-order valence-corrected chi connectivity index (χ2v) is 7.17. The fraction of sp³-hybridized carbons (Fsp3) is 0.526. The van der Waals surface area contributed by atoms with E-state index in [0.29, 0.717) is 12.3 Å². The van der Waals surface area contributed by atoms with Crippen molar-refractivity contribution in [2.24, 2.45) is 11.3 Å². The van der Waals surface area contributed by atoms with Crippen LogP contribution in [0, 0.1) is 11.3 Å². The lowest BCUT2D eigenvalue weighted by Crippen LogP contribution is -2.40. The van der Waals surface area contributed by atoms with Gasteiger partial charge in [0, 0.05) is 17.4 Å². The molecule has 1 saturated carbocycles. The highest BCUT2D eigenvalue weighted by molar-refractivity contribution is 6.23. The maximum absolute atomic E-state index is 12.8. The molecule has 3 atom stereocenters.